The van der Waals surface area contributed by atoms with E-state index in [0.29, 0.717) is 24.1 Å². The number of methoxy groups -OCH3 is 1. The quantitative estimate of drug-likeness (QED) is 0.542. The molecule has 0 aliphatic carbocycles. The maximum Gasteiger partial charge on any atom is 0.230 e. The second-order valence-electron chi connectivity index (χ2n) is 3.37. The SMILES string of the molecule is C=CCNc1nc(N/C=C(/C)OC)nc(N)c1Cl. The summed E-state index contributed by atoms with van der Waals surface area (Å²) >= 11 is 5.98. The van der Waals surface area contributed by atoms with Crippen LogP contribution >= 0.6 is 11.6 Å². The molecule has 0 atom stereocenters. The van der Waals surface area contributed by atoms with Gasteiger partial charge in [-0.2, -0.15) is 9.97 Å². The molecule has 6 nitrogen and oxygen atoms in total. The highest BCUT2D eigenvalue weighted by Gasteiger charge is 2.09. The molecule has 1 aromatic rings. The molecule has 1 heterocycles. The van der Waals surface area contributed by atoms with Gasteiger partial charge in [0.15, 0.2) is 5.82 Å². The monoisotopic (exact) mass is 269 g/mol. The minimum atomic E-state index is 0.198. The van der Waals surface area contributed by atoms with Crippen molar-refractivity contribution in [2.45, 2.75) is 6.92 Å². The number of anilines is 3. The maximum atomic E-state index is 5.98. The van der Waals surface area contributed by atoms with Crippen molar-refractivity contribution in [1.82, 2.24) is 9.97 Å². The molecule has 1 rings (SSSR count). The third kappa shape index (κ3) is 3.81. The molecule has 18 heavy (non-hydrogen) atoms. The number of halogens is 1. The number of ether oxygens (including phenoxy) is 1. The lowest BCUT2D eigenvalue weighted by atomic mass is 10.5. The second kappa shape index (κ2) is 6.70. The lowest BCUT2D eigenvalue weighted by Gasteiger charge is -2.09. The molecule has 0 saturated heterocycles. The Kier molecular flexibility index (Phi) is 5.26. The number of allylic oxidation sites excluding steroid dienone is 1. The van der Waals surface area contributed by atoms with Crippen molar-refractivity contribution in [2.75, 3.05) is 30.0 Å². The van der Waals surface area contributed by atoms with Gasteiger partial charge in [0.05, 0.1) is 7.11 Å². The highest BCUT2D eigenvalue weighted by atomic mass is 35.5. The molecule has 0 fully saturated rings. The predicted molar refractivity (Wildman–Crippen MR) is 74.5 cm³/mol. The zero-order valence-corrected chi connectivity index (χ0v) is 11.1. The van der Waals surface area contributed by atoms with E-state index in [0.717, 1.165) is 0 Å². The molecule has 0 aliphatic heterocycles. The lowest BCUT2D eigenvalue weighted by molar-refractivity contribution is 0.293. The zero-order valence-electron chi connectivity index (χ0n) is 10.3. The van der Waals surface area contributed by atoms with Gasteiger partial charge in [-0.3, -0.25) is 0 Å². The van der Waals surface area contributed by atoms with Crippen molar-refractivity contribution in [3.8, 4) is 0 Å². The van der Waals surface area contributed by atoms with Crippen molar-refractivity contribution < 1.29 is 4.74 Å². The molecule has 1 aromatic heterocycles. The van der Waals surface area contributed by atoms with Gasteiger partial charge in [-0.15, -0.1) is 6.58 Å². The van der Waals surface area contributed by atoms with Crippen LogP contribution in [-0.4, -0.2) is 23.6 Å². The van der Waals surface area contributed by atoms with Gasteiger partial charge in [0.1, 0.15) is 16.6 Å². The van der Waals surface area contributed by atoms with Crippen LogP contribution in [-0.2, 0) is 4.74 Å². The predicted octanol–water partition coefficient (Wildman–Crippen LogP) is 2.23. The Hall–Kier alpha value is -1.95. The van der Waals surface area contributed by atoms with Crippen LogP contribution in [0.25, 0.3) is 0 Å². The maximum absolute atomic E-state index is 5.98. The number of nitrogens with two attached hydrogens (primary N) is 1. The highest BCUT2D eigenvalue weighted by Crippen LogP contribution is 2.26. The zero-order chi connectivity index (χ0) is 13.5. The van der Waals surface area contributed by atoms with Gasteiger partial charge in [0, 0.05) is 12.7 Å². The fourth-order valence-corrected chi connectivity index (χ4v) is 1.19. The molecule has 4 N–H and O–H groups in total. The average molecular weight is 270 g/mol. The topological polar surface area (TPSA) is 85.1 Å². The first-order chi connectivity index (χ1) is 8.58. The molecule has 0 spiro atoms. The second-order valence-corrected chi connectivity index (χ2v) is 3.75. The summed E-state index contributed by atoms with van der Waals surface area (Å²) in [5.74, 6) is 1.67. The third-order valence-electron chi connectivity index (χ3n) is 2.02. The van der Waals surface area contributed by atoms with E-state index >= 15 is 0 Å². The minimum Gasteiger partial charge on any atom is -0.500 e. The highest BCUT2D eigenvalue weighted by molar-refractivity contribution is 6.35. The fourth-order valence-electron chi connectivity index (χ4n) is 1.04. The summed E-state index contributed by atoms with van der Waals surface area (Å²) in [6.07, 6.45) is 3.32. The van der Waals surface area contributed by atoms with Gasteiger partial charge in [-0.25, -0.2) is 0 Å². The van der Waals surface area contributed by atoms with E-state index < -0.39 is 0 Å². The summed E-state index contributed by atoms with van der Waals surface area (Å²) in [6.45, 7) is 5.92. The van der Waals surface area contributed by atoms with E-state index in [-0.39, 0.29) is 10.8 Å². The molecule has 0 saturated carbocycles. The Morgan fingerprint density at radius 3 is 2.89 bits per heavy atom. The standard InChI is InChI=1S/C11H16ClN5O/c1-4-5-14-10-8(12)9(13)16-11(17-10)15-6-7(2)18-3/h4,6H,1,5H2,2-3H3,(H4,13,14,15,16,17)/b7-6-. The third-order valence-corrected chi connectivity index (χ3v) is 2.39. The van der Waals surface area contributed by atoms with Crippen LogP contribution in [0.1, 0.15) is 6.92 Å². The summed E-state index contributed by atoms with van der Waals surface area (Å²) < 4.78 is 4.98. The number of hydrogen-bond acceptors (Lipinski definition) is 6. The van der Waals surface area contributed by atoms with Gasteiger partial charge in [-0.05, 0) is 6.92 Å². The molecule has 0 radical (unpaired) electrons. The average Bonchev–Trinajstić information content (AvgIpc) is 2.37. The first-order valence-corrected chi connectivity index (χ1v) is 5.61. The molecule has 0 unspecified atom stereocenters. The van der Waals surface area contributed by atoms with Crippen LogP contribution in [0, 0.1) is 0 Å². The van der Waals surface area contributed by atoms with Gasteiger partial charge in [0.2, 0.25) is 5.95 Å². The summed E-state index contributed by atoms with van der Waals surface area (Å²) in [6, 6.07) is 0. The Labute approximate surface area is 111 Å². The number of rotatable bonds is 6. The molecule has 0 aromatic carbocycles. The molecular formula is C11H16ClN5O. The van der Waals surface area contributed by atoms with E-state index in [2.05, 4.69) is 27.2 Å². The van der Waals surface area contributed by atoms with Crippen molar-refractivity contribution >= 4 is 29.2 Å². The number of aromatic nitrogens is 2. The Balaban J connectivity index is 2.93. The number of nitrogen functional groups attached to an aromatic ring is 1. The normalized spacial score (nSPS) is 10.9. The van der Waals surface area contributed by atoms with E-state index in [4.69, 9.17) is 22.1 Å². The first-order valence-electron chi connectivity index (χ1n) is 5.23. The number of hydrogen-bond donors (Lipinski definition) is 3. The van der Waals surface area contributed by atoms with Gasteiger partial charge < -0.3 is 21.1 Å². The van der Waals surface area contributed by atoms with Crippen molar-refractivity contribution in [3.05, 3.63) is 29.6 Å². The molecule has 0 amide bonds. The van der Waals surface area contributed by atoms with Crippen LogP contribution in [0.2, 0.25) is 5.02 Å². The lowest BCUT2D eigenvalue weighted by Crippen LogP contribution is -2.07. The molecule has 0 bridgehead atoms. The summed E-state index contributed by atoms with van der Waals surface area (Å²) in [7, 11) is 1.57. The Bertz CT molecular complexity index is 461. The molecule has 0 aliphatic rings. The van der Waals surface area contributed by atoms with E-state index in [1.165, 1.54) is 0 Å². The summed E-state index contributed by atoms with van der Waals surface area (Å²) in [5, 5.41) is 6.13. The van der Waals surface area contributed by atoms with Crippen LogP contribution in [0.4, 0.5) is 17.6 Å². The molecule has 98 valence electrons. The van der Waals surface area contributed by atoms with Crippen LogP contribution in [0.5, 0.6) is 0 Å². The van der Waals surface area contributed by atoms with E-state index in [1.807, 2.05) is 0 Å². The van der Waals surface area contributed by atoms with Crippen molar-refractivity contribution in [3.63, 3.8) is 0 Å². The fraction of sp³-hybridized carbons (Fsp3) is 0.273. The van der Waals surface area contributed by atoms with E-state index in [1.54, 1.807) is 26.3 Å². The summed E-state index contributed by atoms with van der Waals surface area (Å²) in [5.41, 5.74) is 5.69. The Morgan fingerprint density at radius 2 is 2.28 bits per heavy atom. The van der Waals surface area contributed by atoms with Crippen LogP contribution in [0.15, 0.2) is 24.6 Å². The summed E-state index contributed by atoms with van der Waals surface area (Å²) in [4.78, 5) is 8.19. The first kappa shape index (κ1) is 14.1. The minimum absolute atomic E-state index is 0.198. The van der Waals surface area contributed by atoms with Crippen LogP contribution < -0.4 is 16.4 Å². The smallest absolute Gasteiger partial charge is 0.230 e. The van der Waals surface area contributed by atoms with E-state index in [9.17, 15) is 0 Å². The number of nitrogens with zero attached hydrogens (tertiary/aromatic N) is 2. The number of nitrogens with one attached hydrogen (secondary N) is 2. The van der Waals surface area contributed by atoms with Gasteiger partial charge in [0.25, 0.3) is 0 Å². The van der Waals surface area contributed by atoms with Crippen LogP contribution in [0.3, 0.4) is 0 Å². The molecule has 7 heteroatoms. The largest absolute Gasteiger partial charge is 0.500 e. The van der Waals surface area contributed by atoms with Gasteiger partial charge >= 0.3 is 0 Å². The van der Waals surface area contributed by atoms with Crippen molar-refractivity contribution in [1.29, 1.82) is 0 Å². The van der Waals surface area contributed by atoms with Gasteiger partial charge in [-0.1, -0.05) is 17.7 Å². The van der Waals surface area contributed by atoms with Crippen molar-refractivity contribution in [2.24, 2.45) is 0 Å². The Morgan fingerprint density at radius 1 is 1.56 bits per heavy atom. The molecular weight excluding hydrogens is 254 g/mol.